The van der Waals surface area contributed by atoms with E-state index >= 15 is 0 Å². The van der Waals surface area contributed by atoms with Crippen molar-refractivity contribution >= 4 is 34.1 Å². The zero-order chi connectivity index (χ0) is 20.4. The first kappa shape index (κ1) is 18.7. The molecular formula is C22H16ClN3O3. The zero-order valence-electron chi connectivity index (χ0n) is 15.2. The van der Waals surface area contributed by atoms with Crippen molar-refractivity contribution in [1.29, 1.82) is 0 Å². The van der Waals surface area contributed by atoms with E-state index in [0.29, 0.717) is 17.0 Å². The smallest absolute Gasteiger partial charge is 0.299 e. The summed E-state index contributed by atoms with van der Waals surface area (Å²) in [4.78, 5) is 12.3. The fourth-order valence-electron chi connectivity index (χ4n) is 3.13. The van der Waals surface area contributed by atoms with Crippen LogP contribution in [0.3, 0.4) is 0 Å². The molecule has 0 fully saturated rings. The van der Waals surface area contributed by atoms with Gasteiger partial charge in [-0.25, -0.2) is 0 Å². The molecule has 3 aromatic carbocycles. The fraction of sp³-hybridized carbons (Fsp3) is 0.0455. The lowest BCUT2D eigenvalue weighted by atomic mass is 10.2. The van der Waals surface area contributed by atoms with E-state index in [4.69, 9.17) is 11.6 Å². The minimum atomic E-state index is -0.703. The standard InChI is InChI=1S/C22H16ClN3O3/c23-17-10-4-1-7-14(17)13-26-18-11-5-2-8-15(18)20(22(26)29)24-25-21(28)16-9-3-6-12-19(16)27/h1-12,27,29H,13H2. The summed E-state index contributed by atoms with van der Waals surface area (Å²) in [6.45, 7) is 0.328. The molecule has 7 heteroatoms. The topological polar surface area (TPSA) is 87.2 Å². The van der Waals surface area contributed by atoms with E-state index in [0.717, 1.165) is 11.1 Å². The molecular weight excluding hydrogens is 390 g/mol. The van der Waals surface area contributed by atoms with Gasteiger partial charge >= 0.3 is 0 Å². The Kier molecular flexibility index (Phi) is 5.01. The highest BCUT2D eigenvalue weighted by molar-refractivity contribution is 6.31. The van der Waals surface area contributed by atoms with Gasteiger partial charge in [0, 0.05) is 10.4 Å². The van der Waals surface area contributed by atoms with Crippen LogP contribution in [0.5, 0.6) is 11.6 Å². The molecule has 0 atom stereocenters. The van der Waals surface area contributed by atoms with Crippen molar-refractivity contribution in [2.45, 2.75) is 6.54 Å². The minimum absolute atomic E-state index is 0.0375. The monoisotopic (exact) mass is 405 g/mol. The Labute approximate surface area is 171 Å². The maximum atomic E-state index is 12.3. The van der Waals surface area contributed by atoms with E-state index in [1.807, 2.05) is 36.4 Å². The predicted octanol–water partition coefficient (Wildman–Crippen LogP) is 5.68. The van der Waals surface area contributed by atoms with E-state index in [2.05, 4.69) is 10.2 Å². The number of halogens is 1. The maximum absolute atomic E-state index is 12.3. The highest BCUT2D eigenvalue weighted by Gasteiger charge is 2.18. The summed E-state index contributed by atoms with van der Waals surface area (Å²) in [5.41, 5.74) is 1.78. The highest BCUT2D eigenvalue weighted by atomic mass is 35.5. The van der Waals surface area contributed by atoms with Crippen molar-refractivity contribution in [3.63, 3.8) is 0 Å². The number of azo groups is 1. The van der Waals surface area contributed by atoms with Crippen LogP contribution in [0, 0.1) is 0 Å². The van der Waals surface area contributed by atoms with Crippen LogP contribution in [-0.2, 0) is 6.54 Å². The molecule has 0 unspecified atom stereocenters. The lowest BCUT2D eigenvalue weighted by molar-refractivity contribution is 0.0992. The Hall–Kier alpha value is -3.64. The molecule has 0 bridgehead atoms. The Morgan fingerprint density at radius 2 is 1.62 bits per heavy atom. The summed E-state index contributed by atoms with van der Waals surface area (Å²) in [6.07, 6.45) is 0. The van der Waals surface area contributed by atoms with E-state index in [9.17, 15) is 15.0 Å². The molecule has 0 aliphatic rings. The average molecular weight is 406 g/mol. The molecule has 29 heavy (non-hydrogen) atoms. The number of benzene rings is 3. The number of fused-ring (bicyclic) bond motifs is 1. The third kappa shape index (κ3) is 3.58. The largest absolute Gasteiger partial charge is 0.507 e. The lowest BCUT2D eigenvalue weighted by Gasteiger charge is -2.08. The van der Waals surface area contributed by atoms with Crippen molar-refractivity contribution in [3.8, 4) is 11.6 Å². The van der Waals surface area contributed by atoms with Crippen molar-refractivity contribution < 1.29 is 15.0 Å². The molecule has 144 valence electrons. The molecule has 1 heterocycles. The van der Waals surface area contributed by atoms with Crippen LogP contribution >= 0.6 is 11.6 Å². The number of nitrogens with zero attached hydrogens (tertiary/aromatic N) is 3. The first-order valence-electron chi connectivity index (χ1n) is 8.84. The van der Waals surface area contributed by atoms with Crippen LogP contribution < -0.4 is 0 Å². The van der Waals surface area contributed by atoms with Crippen molar-refractivity contribution in [1.82, 2.24) is 4.57 Å². The number of phenolic OH excluding ortho intramolecular Hbond substituents is 1. The summed E-state index contributed by atoms with van der Waals surface area (Å²) >= 11 is 6.26. The van der Waals surface area contributed by atoms with E-state index in [1.165, 1.54) is 12.1 Å². The summed E-state index contributed by atoms with van der Waals surface area (Å²) in [5.74, 6) is -1.01. The molecule has 4 aromatic rings. The van der Waals surface area contributed by atoms with Crippen LogP contribution in [0.25, 0.3) is 10.9 Å². The molecule has 0 spiro atoms. The van der Waals surface area contributed by atoms with Crippen LogP contribution in [0.4, 0.5) is 5.69 Å². The van der Waals surface area contributed by atoms with Crippen molar-refractivity contribution in [3.05, 3.63) is 88.9 Å². The lowest BCUT2D eigenvalue weighted by Crippen LogP contribution is -1.99. The first-order valence-corrected chi connectivity index (χ1v) is 9.21. The van der Waals surface area contributed by atoms with E-state index in [1.54, 1.807) is 28.8 Å². The van der Waals surface area contributed by atoms with E-state index < -0.39 is 5.91 Å². The molecule has 0 radical (unpaired) electrons. The Balaban J connectivity index is 1.76. The number of para-hydroxylation sites is 2. The van der Waals surface area contributed by atoms with Gasteiger partial charge in [0.1, 0.15) is 5.75 Å². The number of carbonyl (C=O) groups excluding carboxylic acids is 1. The number of aromatic nitrogens is 1. The third-order valence-corrected chi connectivity index (χ3v) is 4.95. The number of rotatable bonds is 4. The second-order valence-electron chi connectivity index (χ2n) is 6.39. The van der Waals surface area contributed by atoms with Gasteiger partial charge < -0.3 is 14.8 Å². The molecule has 1 amide bonds. The molecule has 6 nitrogen and oxygen atoms in total. The van der Waals surface area contributed by atoms with Gasteiger partial charge in [0.2, 0.25) is 5.88 Å². The van der Waals surface area contributed by atoms with Gasteiger partial charge in [0.05, 0.1) is 17.6 Å². The van der Waals surface area contributed by atoms with Gasteiger partial charge in [-0.1, -0.05) is 60.1 Å². The first-order chi connectivity index (χ1) is 14.1. The second-order valence-corrected chi connectivity index (χ2v) is 6.80. The second kappa shape index (κ2) is 7.77. The molecule has 1 aromatic heterocycles. The fourth-order valence-corrected chi connectivity index (χ4v) is 3.33. The van der Waals surface area contributed by atoms with Crippen molar-refractivity contribution in [2.75, 3.05) is 0 Å². The molecule has 0 aliphatic carbocycles. The predicted molar refractivity (Wildman–Crippen MR) is 111 cm³/mol. The van der Waals surface area contributed by atoms with Gasteiger partial charge in [-0.05, 0) is 29.8 Å². The van der Waals surface area contributed by atoms with Gasteiger partial charge in [-0.15, -0.1) is 10.2 Å². The molecule has 2 N–H and O–H groups in total. The summed E-state index contributed by atoms with van der Waals surface area (Å²) in [7, 11) is 0. The Morgan fingerprint density at radius 1 is 0.931 bits per heavy atom. The normalized spacial score (nSPS) is 11.3. The Morgan fingerprint density at radius 3 is 2.41 bits per heavy atom. The number of carbonyl (C=O) groups is 1. The third-order valence-electron chi connectivity index (χ3n) is 4.58. The number of amides is 1. The summed E-state index contributed by atoms with van der Waals surface area (Å²) in [6, 6.07) is 20.7. The van der Waals surface area contributed by atoms with Gasteiger partial charge in [-0.2, -0.15) is 0 Å². The number of hydrogen-bond donors (Lipinski definition) is 2. The van der Waals surface area contributed by atoms with Crippen LogP contribution in [0.1, 0.15) is 15.9 Å². The highest BCUT2D eigenvalue weighted by Crippen LogP contribution is 2.39. The Bertz CT molecular complexity index is 1250. The van der Waals surface area contributed by atoms with Crippen LogP contribution in [-0.4, -0.2) is 20.7 Å². The maximum Gasteiger partial charge on any atom is 0.299 e. The average Bonchev–Trinajstić information content (AvgIpc) is 2.99. The van der Waals surface area contributed by atoms with Crippen LogP contribution in [0.15, 0.2) is 83.0 Å². The van der Waals surface area contributed by atoms with Crippen LogP contribution in [0.2, 0.25) is 5.02 Å². The quantitative estimate of drug-likeness (QED) is 0.428. The minimum Gasteiger partial charge on any atom is -0.507 e. The summed E-state index contributed by atoms with van der Waals surface area (Å²) < 4.78 is 1.66. The summed E-state index contributed by atoms with van der Waals surface area (Å²) in [5, 5.41) is 29.5. The van der Waals surface area contributed by atoms with Gasteiger partial charge in [-0.3, -0.25) is 4.79 Å². The zero-order valence-corrected chi connectivity index (χ0v) is 15.9. The SMILES string of the molecule is O=C(N=Nc1c(O)n(Cc2ccccc2Cl)c2ccccc12)c1ccccc1O. The molecule has 0 aliphatic heterocycles. The number of aromatic hydroxyl groups is 2. The molecule has 0 saturated carbocycles. The molecule has 4 rings (SSSR count). The van der Waals surface area contributed by atoms with Gasteiger partial charge in [0.25, 0.3) is 5.91 Å². The molecule has 0 saturated heterocycles. The van der Waals surface area contributed by atoms with Gasteiger partial charge in [0.15, 0.2) is 5.69 Å². The van der Waals surface area contributed by atoms with E-state index in [-0.39, 0.29) is 22.9 Å². The number of phenols is 1. The van der Waals surface area contributed by atoms with Crippen molar-refractivity contribution in [2.24, 2.45) is 10.2 Å². The number of hydrogen-bond acceptors (Lipinski definition) is 4.